The van der Waals surface area contributed by atoms with E-state index in [0.29, 0.717) is 12.0 Å². The fourth-order valence-electron chi connectivity index (χ4n) is 1.59. The molecular weight excluding hydrogens is 174 g/mol. The largest absolute Gasteiger partial charge is 0.392 e. The predicted octanol–water partition coefficient (Wildman–Crippen LogP) is 1.47. The van der Waals surface area contributed by atoms with Gasteiger partial charge in [0.1, 0.15) is 0 Å². The molecule has 12 heavy (non-hydrogen) atoms. The van der Waals surface area contributed by atoms with Crippen molar-refractivity contribution in [2.75, 3.05) is 6.61 Å². The van der Waals surface area contributed by atoms with Crippen LogP contribution in [0.15, 0.2) is 12.2 Å². The van der Waals surface area contributed by atoms with Crippen molar-refractivity contribution in [2.24, 2.45) is 11.7 Å². The van der Waals surface area contributed by atoms with Crippen molar-refractivity contribution in [1.82, 2.24) is 0 Å². The molecular formula is C9H18ClNO. The van der Waals surface area contributed by atoms with E-state index in [0.717, 1.165) is 12.8 Å². The molecule has 1 fully saturated rings. The molecule has 0 unspecified atom stereocenters. The van der Waals surface area contributed by atoms with Gasteiger partial charge < -0.3 is 10.8 Å². The number of aliphatic hydroxyl groups is 1. The van der Waals surface area contributed by atoms with Crippen LogP contribution in [0.1, 0.15) is 25.7 Å². The number of hydrogen-bond donors (Lipinski definition) is 2. The molecule has 1 rings (SSSR count). The fraction of sp³-hybridized carbons (Fsp3) is 0.778. The summed E-state index contributed by atoms with van der Waals surface area (Å²) in [6, 6.07) is 0.425. The van der Waals surface area contributed by atoms with Crippen LogP contribution in [0.2, 0.25) is 0 Å². The van der Waals surface area contributed by atoms with Crippen LogP contribution in [0.5, 0.6) is 0 Å². The monoisotopic (exact) mass is 191 g/mol. The summed E-state index contributed by atoms with van der Waals surface area (Å²) in [5.74, 6) is 0.668. The van der Waals surface area contributed by atoms with Gasteiger partial charge in [0.2, 0.25) is 0 Å². The Morgan fingerprint density at radius 3 is 2.33 bits per heavy atom. The van der Waals surface area contributed by atoms with Crippen molar-refractivity contribution >= 4 is 12.4 Å². The second-order valence-electron chi connectivity index (χ2n) is 3.29. The first kappa shape index (κ1) is 11.9. The highest BCUT2D eigenvalue weighted by Crippen LogP contribution is 2.23. The Balaban J connectivity index is 0.00000121. The molecule has 0 bridgehead atoms. The zero-order valence-corrected chi connectivity index (χ0v) is 8.09. The van der Waals surface area contributed by atoms with Gasteiger partial charge in [0.05, 0.1) is 6.61 Å². The lowest BCUT2D eigenvalue weighted by Gasteiger charge is -2.23. The maximum Gasteiger partial charge on any atom is 0.0612 e. The van der Waals surface area contributed by atoms with Gasteiger partial charge in [0.25, 0.3) is 0 Å². The molecule has 0 saturated heterocycles. The topological polar surface area (TPSA) is 46.2 Å². The van der Waals surface area contributed by atoms with E-state index in [1.54, 1.807) is 0 Å². The summed E-state index contributed by atoms with van der Waals surface area (Å²) in [6.07, 6.45) is 8.61. The normalized spacial score (nSPS) is 30.2. The first-order valence-corrected chi connectivity index (χ1v) is 4.36. The number of hydrogen-bond acceptors (Lipinski definition) is 2. The molecule has 0 aromatic rings. The number of rotatable bonds is 2. The van der Waals surface area contributed by atoms with Crippen molar-refractivity contribution in [3.63, 3.8) is 0 Å². The summed E-state index contributed by atoms with van der Waals surface area (Å²) in [4.78, 5) is 0. The van der Waals surface area contributed by atoms with Gasteiger partial charge in [-0.05, 0) is 31.6 Å². The molecule has 1 aliphatic rings. The molecule has 2 nitrogen and oxygen atoms in total. The Kier molecular flexibility index (Phi) is 6.44. The fourth-order valence-corrected chi connectivity index (χ4v) is 1.59. The van der Waals surface area contributed by atoms with Crippen LogP contribution >= 0.6 is 12.4 Å². The SMILES string of the molecule is Cl.NC1CCC(/C=C/CO)CC1. The minimum absolute atomic E-state index is 0. The first-order valence-electron chi connectivity index (χ1n) is 4.36. The highest BCUT2D eigenvalue weighted by molar-refractivity contribution is 5.85. The second-order valence-corrected chi connectivity index (χ2v) is 3.29. The van der Waals surface area contributed by atoms with E-state index >= 15 is 0 Å². The molecule has 1 saturated carbocycles. The van der Waals surface area contributed by atoms with Gasteiger partial charge in [-0.25, -0.2) is 0 Å². The van der Waals surface area contributed by atoms with E-state index in [4.69, 9.17) is 10.8 Å². The van der Waals surface area contributed by atoms with Gasteiger partial charge in [-0.1, -0.05) is 12.2 Å². The Hall–Kier alpha value is -0.0500. The third kappa shape index (κ3) is 4.10. The maximum atomic E-state index is 8.54. The highest BCUT2D eigenvalue weighted by Gasteiger charge is 2.15. The lowest BCUT2D eigenvalue weighted by molar-refractivity contribution is 0.337. The van der Waals surface area contributed by atoms with Crippen LogP contribution in [0.25, 0.3) is 0 Å². The van der Waals surface area contributed by atoms with Crippen LogP contribution in [-0.2, 0) is 0 Å². The van der Waals surface area contributed by atoms with E-state index in [1.807, 2.05) is 6.08 Å². The van der Waals surface area contributed by atoms with E-state index in [1.165, 1.54) is 12.8 Å². The first-order chi connectivity index (χ1) is 5.33. The quantitative estimate of drug-likeness (QED) is 0.650. The smallest absolute Gasteiger partial charge is 0.0612 e. The van der Waals surface area contributed by atoms with E-state index in [2.05, 4.69) is 6.08 Å². The summed E-state index contributed by atoms with van der Waals surface area (Å²) < 4.78 is 0. The summed E-state index contributed by atoms with van der Waals surface area (Å²) in [5.41, 5.74) is 5.75. The maximum absolute atomic E-state index is 8.54. The summed E-state index contributed by atoms with van der Waals surface area (Å²) in [6.45, 7) is 0.169. The molecule has 0 radical (unpaired) electrons. The van der Waals surface area contributed by atoms with Crippen LogP contribution < -0.4 is 5.73 Å². The third-order valence-corrected chi connectivity index (χ3v) is 2.33. The number of allylic oxidation sites excluding steroid dienone is 1. The molecule has 0 aromatic heterocycles. The third-order valence-electron chi connectivity index (χ3n) is 2.33. The summed E-state index contributed by atoms with van der Waals surface area (Å²) >= 11 is 0. The van der Waals surface area contributed by atoms with Crippen molar-refractivity contribution in [2.45, 2.75) is 31.7 Å². The van der Waals surface area contributed by atoms with Crippen molar-refractivity contribution in [1.29, 1.82) is 0 Å². The Bertz CT molecular complexity index is 130. The molecule has 0 amide bonds. The van der Waals surface area contributed by atoms with Crippen molar-refractivity contribution < 1.29 is 5.11 Å². The van der Waals surface area contributed by atoms with Gasteiger partial charge in [0, 0.05) is 6.04 Å². The van der Waals surface area contributed by atoms with Gasteiger partial charge in [-0.2, -0.15) is 0 Å². The molecule has 0 spiro atoms. The van der Waals surface area contributed by atoms with Crippen LogP contribution in [0.3, 0.4) is 0 Å². The highest BCUT2D eigenvalue weighted by atomic mass is 35.5. The van der Waals surface area contributed by atoms with Gasteiger partial charge >= 0.3 is 0 Å². The number of halogens is 1. The molecule has 0 heterocycles. The predicted molar refractivity (Wildman–Crippen MR) is 53.4 cm³/mol. The average Bonchev–Trinajstić information content (AvgIpc) is 2.04. The average molecular weight is 192 g/mol. The molecule has 0 atom stereocenters. The second kappa shape index (κ2) is 6.46. The van der Waals surface area contributed by atoms with Crippen LogP contribution in [0.4, 0.5) is 0 Å². The number of nitrogens with two attached hydrogens (primary N) is 1. The van der Waals surface area contributed by atoms with Gasteiger partial charge in [0.15, 0.2) is 0 Å². The molecule has 0 aromatic carbocycles. The van der Waals surface area contributed by atoms with Gasteiger partial charge in [-0.15, -0.1) is 12.4 Å². The van der Waals surface area contributed by atoms with Crippen molar-refractivity contribution in [3.05, 3.63) is 12.2 Å². The zero-order chi connectivity index (χ0) is 8.10. The van der Waals surface area contributed by atoms with Gasteiger partial charge in [-0.3, -0.25) is 0 Å². The molecule has 72 valence electrons. The molecule has 3 N–H and O–H groups in total. The standard InChI is InChI=1S/C9H17NO.ClH/c10-9-5-3-8(4-6-9)2-1-7-11;/h1-2,8-9,11H,3-7,10H2;1H/b2-1+;. The Morgan fingerprint density at radius 2 is 1.83 bits per heavy atom. The Morgan fingerprint density at radius 1 is 1.25 bits per heavy atom. The zero-order valence-electron chi connectivity index (χ0n) is 7.28. The van der Waals surface area contributed by atoms with Crippen LogP contribution in [0, 0.1) is 5.92 Å². The minimum atomic E-state index is 0. The van der Waals surface area contributed by atoms with Crippen LogP contribution in [-0.4, -0.2) is 17.8 Å². The lowest BCUT2D eigenvalue weighted by atomic mass is 9.86. The summed E-state index contributed by atoms with van der Waals surface area (Å²) in [5, 5.41) is 8.54. The lowest BCUT2D eigenvalue weighted by Crippen LogP contribution is -2.25. The number of aliphatic hydroxyl groups excluding tert-OH is 1. The molecule has 3 heteroatoms. The molecule has 0 aliphatic heterocycles. The van der Waals surface area contributed by atoms with E-state index < -0.39 is 0 Å². The van der Waals surface area contributed by atoms with E-state index in [-0.39, 0.29) is 19.0 Å². The van der Waals surface area contributed by atoms with Crippen molar-refractivity contribution in [3.8, 4) is 0 Å². The summed E-state index contributed by atoms with van der Waals surface area (Å²) in [7, 11) is 0. The molecule has 1 aliphatic carbocycles. The van der Waals surface area contributed by atoms with E-state index in [9.17, 15) is 0 Å². The minimum Gasteiger partial charge on any atom is -0.392 e. The Labute approximate surface area is 80.3 Å².